The van der Waals surface area contributed by atoms with E-state index in [-0.39, 0.29) is 0 Å². The van der Waals surface area contributed by atoms with Gasteiger partial charge in [-0.2, -0.15) is 8.42 Å². The summed E-state index contributed by atoms with van der Waals surface area (Å²) in [4.78, 5) is 0. The lowest BCUT2D eigenvalue weighted by Gasteiger charge is -2.27. The predicted octanol–water partition coefficient (Wildman–Crippen LogP) is -1.03. The van der Waals surface area contributed by atoms with Crippen LogP contribution in [-0.4, -0.2) is 35.5 Å². The molecule has 6 heteroatoms. The summed E-state index contributed by atoms with van der Waals surface area (Å²) >= 11 is 0. The number of hydrogen-bond acceptors (Lipinski definition) is 4. The maximum Gasteiger partial charge on any atom is 0.274 e. The molecule has 0 bridgehead atoms. The van der Waals surface area contributed by atoms with Crippen molar-refractivity contribution in [3.05, 3.63) is 0 Å². The molecule has 0 aromatic heterocycles. The molecular formula is C5H13NO4S. The van der Waals surface area contributed by atoms with E-state index < -0.39 is 27.5 Å². The smallest absolute Gasteiger partial charge is 0.274 e. The molecule has 68 valence electrons. The number of aliphatic hydroxyl groups excluding tert-OH is 1. The van der Waals surface area contributed by atoms with Crippen LogP contribution in [0.4, 0.5) is 0 Å². The molecule has 0 amide bonds. The van der Waals surface area contributed by atoms with Crippen LogP contribution < -0.4 is 5.73 Å². The van der Waals surface area contributed by atoms with Crippen LogP contribution in [0, 0.1) is 0 Å². The summed E-state index contributed by atoms with van der Waals surface area (Å²) in [7, 11) is -4.29. The van der Waals surface area contributed by atoms with Crippen molar-refractivity contribution in [2.24, 2.45) is 5.73 Å². The van der Waals surface area contributed by atoms with Crippen molar-refractivity contribution < 1.29 is 18.1 Å². The molecule has 0 heterocycles. The van der Waals surface area contributed by atoms with Crippen molar-refractivity contribution in [2.75, 3.05) is 6.61 Å². The van der Waals surface area contributed by atoms with E-state index in [1.807, 2.05) is 0 Å². The summed E-state index contributed by atoms with van der Waals surface area (Å²) in [6.45, 7) is 1.90. The lowest BCUT2D eigenvalue weighted by molar-refractivity contribution is 0.225. The molecule has 0 aliphatic rings. The van der Waals surface area contributed by atoms with Gasteiger partial charge in [0.05, 0.1) is 6.61 Å². The van der Waals surface area contributed by atoms with Gasteiger partial charge in [-0.05, 0) is 13.8 Å². The Kier molecular flexibility index (Phi) is 3.01. The molecule has 0 rings (SSSR count). The Hall–Kier alpha value is -0.170. The molecule has 2 unspecified atom stereocenters. The highest BCUT2D eigenvalue weighted by atomic mass is 32.2. The summed E-state index contributed by atoms with van der Waals surface area (Å²) in [5.41, 5.74) is 5.27. The second-order valence-corrected chi connectivity index (χ2v) is 4.62. The largest absolute Gasteiger partial charge is 0.395 e. The standard InChI is InChI=1S/C5H13NO4S/c1-4(6)5(2,3-7)11(8,9)10/h4,7H,3,6H2,1-2H3,(H,8,9,10). The van der Waals surface area contributed by atoms with Gasteiger partial charge in [0.1, 0.15) is 4.75 Å². The van der Waals surface area contributed by atoms with Crippen molar-refractivity contribution in [3.63, 3.8) is 0 Å². The number of nitrogens with two attached hydrogens (primary N) is 1. The Morgan fingerprint density at radius 3 is 2.00 bits per heavy atom. The molecule has 0 aromatic rings. The lowest BCUT2D eigenvalue weighted by atomic mass is 10.1. The van der Waals surface area contributed by atoms with Crippen molar-refractivity contribution in [1.29, 1.82) is 0 Å². The molecule has 4 N–H and O–H groups in total. The van der Waals surface area contributed by atoms with E-state index in [0.29, 0.717) is 0 Å². The van der Waals surface area contributed by atoms with Crippen molar-refractivity contribution in [3.8, 4) is 0 Å². The van der Waals surface area contributed by atoms with Gasteiger partial charge in [-0.1, -0.05) is 0 Å². The molecule has 0 aliphatic heterocycles. The van der Waals surface area contributed by atoms with Gasteiger partial charge in [0.2, 0.25) is 0 Å². The Morgan fingerprint density at radius 1 is 1.64 bits per heavy atom. The van der Waals surface area contributed by atoms with Crippen LogP contribution in [0.1, 0.15) is 13.8 Å². The summed E-state index contributed by atoms with van der Waals surface area (Å²) in [6, 6.07) is -0.817. The maximum absolute atomic E-state index is 10.6. The fourth-order valence-electron chi connectivity index (χ4n) is 0.460. The Labute approximate surface area is 66.0 Å². The molecule has 0 saturated carbocycles. The Balaban J connectivity index is 4.92. The van der Waals surface area contributed by atoms with Gasteiger partial charge >= 0.3 is 0 Å². The van der Waals surface area contributed by atoms with Crippen LogP contribution in [0.15, 0.2) is 0 Å². The minimum absolute atomic E-state index is 0.691. The first-order valence-electron chi connectivity index (χ1n) is 3.09. The molecule has 2 atom stereocenters. The van der Waals surface area contributed by atoms with Crippen LogP contribution in [-0.2, 0) is 10.1 Å². The average molecular weight is 183 g/mol. The summed E-state index contributed by atoms with van der Waals surface area (Å²) < 4.78 is 28.3. The molecule has 11 heavy (non-hydrogen) atoms. The van der Waals surface area contributed by atoms with Crippen molar-refractivity contribution in [2.45, 2.75) is 24.6 Å². The van der Waals surface area contributed by atoms with Gasteiger partial charge in [-0.25, -0.2) is 0 Å². The summed E-state index contributed by atoms with van der Waals surface area (Å²) in [5, 5.41) is 8.67. The van der Waals surface area contributed by atoms with Gasteiger partial charge < -0.3 is 10.8 Å². The molecule has 0 aliphatic carbocycles. The molecule has 0 aromatic carbocycles. The first-order chi connectivity index (χ1) is 4.75. The minimum atomic E-state index is -4.29. The monoisotopic (exact) mass is 183 g/mol. The van der Waals surface area contributed by atoms with E-state index in [1.165, 1.54) is 13.8 Å². The van der Waals surface area contributed by atoms with Gasteiger partial charge in [-0.15, -0.1) is 0 Å². The zero-order valence-electron chi connectivity index (χ0n) is 6.48. The third kappa shape index (κ3) is 1.90. The van der Waals surface area contributed by atoms with E-state index in [4.69, 9.17) is 15.4 Å². The van der Waals surface area contributed by atoms with E-state index in [9.17, 15) is 8.42 Å². The van der Waals surface area contributed by atoms with Crippen LogP contribution in [0.25, 0.3) is 0 Å². The predicted molar refractivity (Wildman–Crippen MR) is 40.7 cm³/mol. The van der Waals surface area contributed by atoms with Gasteiger partial charge in [-0.3, -0.25) is 4.55 Å². The Morgan fingerprint density at radius 2 is 2.00 bits per heavy atom. The third-order valence-electron chi connectivity index (χ3n) is 1.87. The molecule has 5 nitrogen and oxygen atoms in total. The lowest BCUT2D eigenvalue weighted by Crippen LogP contribution is -2.52. The fraction of sp³-hybridized carbons (Fsp3) is 1.00. The van der Waals surface area contributed by atoms with Crippen molar-refractivity contribution in [1.82, 2.24) is 0 Å². The molecule has 0 spiro atoms. The van der Waals surface area contributed by atoms with Gasteiger partial charge in [0.25, 0.3) is 10.1 Å². The van der Waals surface area contributed by atoms with E-state index in [2.05, 4.69) is 0 Å². The van der Waals surface area contributed by atoms with Crippen LogP contribution in [0.2, 0.25) is 0 Å². The number of hydrogen-bond donors (Lipinski definition) is 3. The summed E-state index contributed by atoms with van der Waals surface area (Å²) in [6.07, 6.45) is 0. The molecule has 0 saturated heterocycles. The number of aliphatic hydroxyl groups is 1. The fourth-order valence-corrected chi connectivity index (χ4v) is 1.09. The van der Waals surface area contributed by atoms with Gasteiger partial charge in [0, 0.05) is 6.04 Å². The Bertz CT molecular complexity index is 223. The zero-order chi connectivity index (χ0) is 9.28. The highest BCUT2D eigenvalue weighted by Gasteiger charge is 2.41. The third-order valence-corrected chi connectivity index (χ3v) is 3.55. The number of rotatable bonds is 3. The summed E-state index contributed by atoms with van der Waals surface area (Å²) in [5.74, 6) is 0. The topological polar surface area (TPSA) is 101 Å². The van der Waals surface area contributed by atoms with E-state index in [1.54, 1.807) is 0 Å². The molecular weight excluding hydrogens is 170 g/mol. The normalized spacial score (nSPS) is 20.8. The van der Waals surface area contributed by atoms with Crippen LogP contribution in [0.5, 0.6) is 0 Å². The SMILES string of the molecule is CC(N)C(C)(CO)S(=O)(=O)O. The maximum atomic E-state index is 10.6. The van der Waals surface area contributed by atoms with Crippen LogP contribution >= 0.6 is 0 Å². The van der Waals surface area contributed by atoms with Crippen LogP contribution in [0.3, 0.4) is 0 Å². The van der Waals surface area contributed by atoms with Gasteiger partial charge in [0.15, 0.2) is 0 Å². The highest BCUT2D eigenvalue weighted by Crippen LogP contribution is 2.17. The second kappa shape index (κ2) is 3.06. The second-order valence-electron chi connectivity index (χ2n) is 2.73. The first-order valence-corrected chi connectivity index (χ1v) is 4.53. The van der Waals surface area contributed by atoms with E-state index in [0.717, 1.165) is 0 Å². The first kappa shape index (κ1) is 10.8. The average Bonchev–Trinajstić information content (AvgIpc) is 1.83. The van der Waals surface area contributed by atoms with Crippen molar-refractivity contribution >= 4 is 10.1 Å². The zero-order valence-corrected chi connectivity index (χ0v) is 7.30. The quantitative estimate of drug-likeness (QED) is 0.486. The highest BCUT2D eigenvalue weighted by molar-refractivity contribution is 7.87. The van der Waals surface area contributed by atoms with E-state index >= 15 is 0 Å². The molecule has 0 fully saturated rings. The molecule has 0 radical (unpaired) electrons. The minimum Gasteiger partial charge on any atom is -0.395 e.